The summed E-state index contributed by atoms with van der Waals surface area (Å²) in [7, 11) is 0. The van der Waals surface area contributed by atoms with E-state index < -0.39 is 0 Å². The largest absolute Gasteiger partial charge is 0.491 e. The van der Waals surface area contributed by atoms with Crippen LogP contribution in [0.15, 0.2) is 29.6 Å². The number of rotatable bonds is 2. The van der Waals surface area contributed by atoms with Crippen LogP contribution in [0.3, 0.4) is 0 Å². The molecule has 1 heterocycles. The van der Waals surface area contributed by atoms with Crippen LogP contribution in [0.1, 0.15) is 38.3 Å². The van der Waals surface area contributed by atoms with Gasteiger partial charge in [-0.1, -0.05) is 32.9 Å². The zero-order valence-corrected chi connectivity index (χ0v) is 13.1. The maximum absolute atomic E-state index is 11.3. The number of nitrogens with two attached hydrogens (primary N) is 1. The van der Waals surface area contributed by atoms with Crippen LogP contribution in [0.25, 0.3) is 0 Å². The summed E-state index contributed by atoms with van der Waals surface area (Å²) in [5, 5.41) is 0. The molecule has 1 aliphatic heterocycles. The minimum absolute atomic E-state index is 0.0581. The molecule has 21 heavy (non-hydrogen) atoms. The summed E-state index contributed by atoms with van der Waals surface area (Å²) in [6.07, 6.45) is 1.48. The first kappa shape index (κ1) is 15.4. The highest BCUT2D eigenvalue weighted by Gasteiger charge is 2.30. The highest BCUT2D eigenvalue weighted by atomic mass is 16.5. The number of fused-ring (bicyclic) bond motifs is 1. The molecule has 4 nitrogen and oxygen atoms in total. The summed E-state index contributed by atoms with van der Waals surface area (Å²) in [4.78, 5) is 13.4. The second-order valence-corrected chi connectivity index (χ2v) is 5.03. The molecule has 2 N–H and O–H groups in total. The molecular formula is C17H24N2O2. The van der Waals surface area contributed by atoms with Crippen molar-refractivity contribution in [1.82, 2.24) is 4.90 Å². The van der Waals surface area contributed by atoms with Gasteiger partial charge in [0.15, 0.2) is 5.78 Å². The second kappa shape index (κ2) is 6.66. The van der Waals surface area contributed by atoms with Gasteiger partial charge in [0.2, 0.25) is 0 Å². The third kappa shape index (κ3) is 3.04. The SMILES string of the molecule is CC.CCc1ccc2c(c1)CN(C1=C(N)C(=O)C1)CCO2. The predicted octanol–water partition coefficient (Wildman–Crippen LogP) is 2.61. The maximum atomic E-state index is 11.3. The molecule has 0 atom stereocenters. The number of carbonyl (C=O) groups excluding carboxylic acids is 1. The first-order chi connectivity index (χ1) is 10.2. The van der Waals surface area contributed by atoms with Crippen molar-refractivity contribution in [2.24, 2.45) is 5.73 Å². The molecule has 114 valence electrons. The van der Waals surface area contributed by atoms with Crippen molar-refractivity contribution in [2.45, 2.75) is 40.2 Å². The number of nitrogens with zero attached hydrogens (tertiary/aromatic N) is 1. The van der Waals surface area contributed by atoms with E-state index in [2.05, 4.69) is 24.0 Å². The zero-order chi connectivity index (χ0) is 15.4. The normalized spacial score (nSPS) is 17.1. The molecular weight excluding hydrogens is 264 g/mol. The number of carbonyl (C=O) groups is 1. The van der Waals surface area contributed by atoms with Crippen LogP contribution in [0.5, 0.6) is 5.75 Å². The Bertz CT molecular complexity index is 564. The smallest absolute Gasteiger partial charge is 0.186 e. The van der Waals surface area contributed by atoms with Gasteiger partial charge in [0, 0.05) is 17.8 Å². The number of hydrogen-bond acceptors (Lipinski definition) is 4. The van der Waals surface area contributed by atoms with Gasteiger partial charge in [0.05, 0.1) is 18.7 Å². The van der Waals surface area contributed by atoms with Gasteiger partial charge in [-0.15, -0.1) is 0 Å². The molecule has 3 rings (SSSR count). The Morgan fingerprint density at radius 2 is 2.10 bits per heavy atom. The van der Waals surface area contributed by atoms with Gasteiger partial charge in [-0.3, -0.25) is 4.79 Å². The van der Waals surface area contributed by atoms with Crippen molar-refractivity contribution in [3.63, 3.8) is 0 Å². The van der Waals surface area contributed by atoms with Crippen LogP contribution in [-0.2, 0) is 17.8 Å². The molecule has 1 aliphatic carbocycles. The van der Waals surface area contributed by atoms with Crippen molar-refractivity contribution in [3.8, 4) is 5.75 Å². The molecule has 1 aromatic rings. The van der Waals surface area contributed by atoms with Crippen molar-refractivity contribution in [2.75, 3.05) is 13.2 Å². The summed E-state index contributed by atoms with van der Waals surface area (Å²) in [6.45, 7) is 8.32. The van der Waals surface area contributed by atoms with Crippen molar-refractivity contribution in [3.05, 3.63) is 40.7 Å². The molecule has 0 aromatic heterocycles. The molecule has 0 bridgehead atoms. The van der Waals surface area contributed by atoms with Crippen LogP contribution >= 0.6 is 0 Å². The lowest BCUT2D eigenvalue weighted by molar-refractivity contribution is -0.117. The quantitative estimate of drug-likeness (QED) is 0.909. The Kier molecular flexibility index (Phi) is 4.89. The summed E-state index contributed by atoms with van der Waals surface area (Å²) >= 11 is 0. The summed E-state index contributed by atoms with van der Waals surface area (Å²) in [5.74, 6) is 1.01. The molecule has 0 amide bonds. The first-order valence-corrected chi connectivity index (χ1v) is 7.70. The summed E-state index contributed by atoms with van der Waals surface area (Å²) in [5.41, 5.74) is 9.65. The molecule has 0 saturated heterocycles. The lowest BCUT2D eigenvalue weighted by atomic mass is 9.97. The monoisotopic (exact) mass is 288 g/mol. The summed E-state index contributed by atoms with van der Waals surface area (Å²) < 4.78 is 5.77. The Labute approximate surface area is 126 Å². The molecule has 0 radical (unpaired) electrons. The van der Waals surface area contributed by atoms with E-state index in [4.69, 9.17) is 10.5 Å². The van der Waals surface area contributed by atoms with Crippen LogP contribution in [0.2, 0.25) is 0 Å². The maximum Gasteiger partial charge on any atom is 0.186 e. The number of aryl methyl sites for hydroxylation is 1. The van der Waals surface area contributed by atoms with Crippen LogP contribution in [0, 0.1) is 0 Å². The number of benzene rings is 1. The Balaban J connectivity index is 0.000000774. The van der Waals surface area contributed by atoms with Gasteiger partial charge < -0.3 is 15.4 Å². The van der Waals surface area contributed by atoms with Gasteiger partial charge in [-0.2, -0.15) is 0 Å². The highest BCUT2D eigenvalue weighted by Crippen LogP contribution is 2.30. The fourth-order valence-corrected chi connectivity index (χ4v) is 2.58. The van der Waals surface area contributed by atoms with Crippen LogP contribution in [0.4, 0.5) is 0 Å². The topological polar surface area (TPSA) is 55.6 Å². The molecule has 0 unspecified atom stereocenters. The van der Waals surface area contributed by atoms with Crippen LogP contribution in [-0.4, -0.2) is 23.8 Å². The van der Waals surface area contributed by atoms with E-state index in [1.165, 1.54) is 11.1 Å². The van der Waals surface area contributed by atoms with E-state index >= 15 is 0 Å². The van der Waals surface area contributed by atoms with Gasteiger partial charge in [-0.25, -0.2) is 0 Å². The van der Waals surface area contributed by atoms with Gasteiger partial charge in [0.25, 0.3) is 0 Å². The van der Waals surface area contributed by atoms with Crippen molar-refractivity contribution in [1.29, 1.82) is 0 Å². The van der Waals surface area contributed by atoms with E-state index in [0.29, 0.717) is 18.7 Å². The van der Waals surface area contributed by atoms with Gasteiger partial charge in [0.1, 0.15) is 12.4 Å². The minimum atomic E-state index is 0.0581. The van der Waals surface area contributed by atoms with Crippen molar-refractivity contribution >= 4 is 5.78 Å². The number of hydrogen-bond donors (Lipinski definition) is 1. The first-order valence-electron chi connectivity index (χ1n) is 7.70. The minimum Gasteiger partial charge on any atom is -0.491 e. The molecule has 0 spiro atoms. The summed E-state index contributed by atoms with van der Waals surface area (Å²) in [6, 6.07) is 6.33. The van der Waals surface area contributed by atoms with Gasteiger partial charge in [-0.05, 0) is 18.1 Å². The zero-order valence-electron chi connectivity index (χ0n) is 13.1. The Hall–Kier alpha value is -1.97. The van der Waals surface area contributed by atoms with Crippen molar-refractivity contribution < 1.29 is 9.53 Å². The van der Waals surface area contributed by atoms with Gasteiger partial charge >= 0.3 is 0 Å². The average molecular weight is 288 g/mol. The number of ether oxygens (including phenoxy) is 1. The molecule has 1 aromatic carbocycles. The molecule has 2 aliphatic rings. The van der Waals surface area contributed by atoms with E-state index in [1.54, 1.807) is 0 Å². The van der Waals surface area contributed by atoms with E-state index in [0.717, 1.165) is 31.0 Å². The third-order valence-corrected chi connectivity index (χ3v) is 3.83. The number of allylic oxidation sites excluding steroid dienone is 2. The lowest BCUT2D eigenvalue weighted by Gasteiger charge is -2.31. The van der Waals surface area contributed by atoms with E-state index in [-0.39, 0.29) is 5.78 Å². The Morgan fingerprint density at radius 3 is 2.71 bits per heavy atom. The highest BCUT2D eigenvalue weighted by molar-refractivity contribution is 6.03. The standard InChI is InChI=1S/C15H18N2O2.C2H6/c1-2-10-3-4-14-11(7-10)9-17(5-6-19-14)12-8-13(18)15(12)16;1-2/h3-4,7H,2,5-6,8-9,16H2,1H3;1-2H3. The molecule has 0 fully saturated rings. The number of ketones is 1. The Morgan fingerprint density at radius 1 is 1.33 bits per heavy atom. The van der Waals surface area contributed by atoms with E-state index in [9.17, 15) is 4.79 Å². The molecule has 4 heteroatoms. The number of Topliss-reactive ketones (excluding diaryl/α,β-unsaturated/α-hetero) is 1. The average Bonchev–Trinajstić information content (AvgIpc) is 2.75. The second-order valence-electron chi connectivity index (χ2n) is 5.03. The lowest BCUT2D eigenvalue weighted by Crippen LogP contribution is -2.37. The predicted molar refractivity (Wildman–Crippen MR) is 83.9 cm³/mol. The third-order valence-electron chi connectivity index (χ3n) is 3.83. The fourth-order valence-electron chi connectivity index (χ4n) is 2.58. The fraction of sp³-hybridized carbons (Fsp3) is 0.471. The van der Waals surface area contributed by atoms with Crippen LogP contribution < -0.4 is 10.5 Å². The van der Waals surface area contributed by atoms with E-state index in [1.807, 2.05) is 19.9 Å². The molecule has 0 saturated carbocycles.